The van der Waals surface area contributed by atoms with Crippen LogP contribution in [0.1, 0.15) is 15.9 Å². The van der Waals surface area contributed by atoms with Gasteiger partial charge in [-0.1, -0.05) is 17.6 Å². The molecule has 0 aliphatic heterocycles. The first kappa shape index (κ1) is 11.5. The third kappa shape index (κ3) is 2.29. The van der Waals surface area contributed by atoms with Gasteiger partial charge in [-0.05, 0) is 0 Å². The number of carboxylic acid groups (broad SMARTS) is 1. The molecule has 0 aliphatic carbocycles. The van der Waals surface area contributed by atoms with Crippen LogP contribution in [0, 0.1) is 5.82 Å². The van der Waals surface area contributed by atoms with E-state index < -0.39 is 34.6 Å². The summed E-state index contributed by atoms with van der Waals surface area (Å²) in [5.74, 6) is -3.63. The van der Waals surface area contributed by atoms with Crippen LogP contribution in [0.25, 0.3) is 0 Å². The number of alkyl halides is 3. The van der Waals surface area contributed by atoms with Crippen molar-refractivity contribution in [1.29, 1.82) is 0 Å². The van der Waals surface area contributed by atoms with Crippen molar-refractivity contribution in [1.82, 2.24) is 0 Å². The SMILES string of the molecule is [B]c1cc(C(=O)O)c(F)c(C(F)(F)F)c1. The summed E-state index contributed by atoms with van der Waals surface area (Å²) < 4.78 is 49.6. The van der Waals surface area contributed by atoms with Gasteiger partial charge < -0.3 is 5.11 Å². The molecule has 2 nitrogen and oxygen atoms in total. The molecule has 1 aromatic carbocycles. The summed E-state index contributed by atoms with van der Waals surface area (Å²) in [5, 5.41) is 8.42. The minimum Gasteiger partial charge on any atom is -0.478 e. The summed E-state index contributed by atoms with van der Waals surface area (Å²) in [5.41, 5.74) is -3.23. The Kier molecular flexibility index (Phi) is 2.74. The highest BCUT2D eigenvalue weighted by Crippen LogP contribution is 2.31. The number of halogens is 4. The molecule has 0 amide bonds. The van der Waals surface area contributed by atoms with Crippen LogP contribution in [0.5, 0.6) is 0 Å². The molecule has 0 bridgehead atoms. The van der Waals surface area contributed by atoms with Gasteiger partial charge in [0, 0.05) is 0 Å². The van der Waals surface area contributed by atoms with E-state index in [1.54, 1.807) is 0 Å². The highest BCUT2D eigenvalue weighted by Gasteiger charge is 2.36. The van der Waals surface area contributed by atoms with Gasteiger partial charge in [-0.3, -0.25) is 0 Å². The normalized spacial score (nSPS) is 11.5. The second-order valence-electron chi connectivity index (χ2n) is 2.73. The molecule has 0 unspecified atom stereocenters. The van der Waals surface area contributed by atoms with Crippen LogP contribution in [0.2, 0.25) is 0 Å². The first-order valence-corrected chi connectivity index (χ1v) is 3.63. The molecule has 78 valence electrons. The number of aromatic carboxylic acids is 1. The van der Waals surface area contributed by atoms with E-state index in [0.29, 0.717) is 12.1 Å². The molecule has 2 radical (unpaired) electrons. The quantitative estimate of drug-likeness (QED) is 0.570. The van der Waals surface area contributed by atoms with Crippen LogP contribution in [-0.4, -0.2) is 18.9 Å². The van der Waals surface area contributed by atoms with Gasteiger partial charge >= 0.3 is 12.1 Å². The maximum atomic E-state index is 13.0. The zero-order chi connectivity index (χ0) is 11.8. The van der Waals surface area contributed by atoms with Gasteiger partial charge in [0.1, 0.15) is 13.7 Å². The van der Waals surface area contributed by atoms with E-state index in [2.05, 4.69) is 0 Å². The first-order chi connectivity index (χ1) is 6.73. The Balaban J connectivity index is 3.49. The molecule has 0 fully saturated rings. The number of carboxylic acids is 1. The van der Waals surface area contributed by atoms with Crippen LogP contribution in [0.15, 0.2) is 12.1 Å². The Morgan fingerprint density at radius 3 is 2.27 bits per heavy atom. The average molecular weight is 218 g/mol. The van der Waals surface area contributed by atoms with E-state index in [4.69, 9.17) is 13.0 Å². The highest BCUT2D eigenvalue weighted by atomic mass is 19.4. The summed E-state index contributed by atoms with van der Waals surface area (Å²) >= 11 is 0. The number of benzene rings is 1. The summed E-state index contributed by atoms with van der Waals surface area (Å²) in [4.78, 5) is 10.4. The van der Waals surface area contributed by atoms with Gasteiger partial charge in [-0.25, -0.2) is 9.18 Å². The van der Waals surface area contributed by atoms with Gasteiger partial charge in [0.05, 0.1) is 11.1 Å². The van der Waals surface area contributed by atoms with Crippen LogP contribution >= 0.6 is 0 Å². The van der Waals surface area contributed by atoms with Crippen molar-refractivity contribution < 1.29 is 27.5 Å². The molecule has 1 aromatic rings. The molecule has 1 N–H and O–H groups in total. The maximum absolute atomic E-state index is 13.0. The van der Waals surface area contributed by atoms with E-state index in [1.807, 2.05) is 0 Å². The van der Waals surface area contributed by atoms with Gasteiger partial charge in [0.2, 0.25) is 0 Å². The Bertz CT molecular complexity index is 414. The molecule has 0 spiro atoms. The largest absolute Gasteiger partial charge is 0.478 e. The maximum Gasteiger partial charge on any atom is 0.419 e. The minimum atomic E-state index is -4.97. The van der Waals surface area contributed by atoms with E-state index in [-0.39, 0.29) is 0 Å². The fourth-order valence-electron chi connectivity index (χ4n) is 1.01. The molecule has 15 heavy (non-hydrogen) atoms. The van der Waals surface area contributed by atoms with Crippen molar-refractivity contribution in [2.75, 3.05) is 0 Å². The van der Waals surface area contributed by atoms with Gasteiger partial charge in [-0.2, -0.15) is 13.2 Å². The van der Waals surface area contributed by atoms with Crippen LogP contribution in [0.3, 0.4) is 0 Å². The summed E-state index contributed by atoms with van der Waals surface area (Å²) in [6.07, 6.45) is -4.97. The van der Waals surface area contributed by atoms with Crippen LogP contribution < -0.4 is 5.46 Å². The summed E-state index contributed by atoms with van der Waals surface area (Å²) in [6.45, 7) is 0. The fraction of sp³-hybridized carbons (Fsp3) is 0.125. The van der Waals surface area contributed by atoms with Gasteiger partial charge in [0.25, 0.3) is 0 Å². The van der Waals surface area contributed by atoms with Gasteiger partial charge in [-0.15, -0.1) is 0 Å². The van der Waals surface area contributed by atoms with E-state index in [9.17, 15) is 22.4 Å². The Morgan fingerprint density at radius 2 is 1.87 bits per heavy atom. The minimum absolute atomic E-state index is 0.349. The number of carbonyl (C=O) groups is 1. The predicted octanol–water partition coefficient (Wildman–Crippen LogP) is 1.34. The van der Waals surface area contributed by atoms with E-state index in [1.165, 1.54) is 0 Å². The Labute approximate surface area is 82.9 Å². The van der Waals surface area contributed by atoms with Crippen molar-refractivity contribution in [3.63, 3.8) is 0 Å². The standard InChI is InChI=1S/C8H3BF4O2/c9-3-1-4(7(14)15)6(10)5(2-3)8(11,12)13/h1-2H,(H,14,15). The lowest BCUT2D eigenvalue weighted by Gasteiger charge is -2.10. The Hall–Kier alpha value is -1.53. The molecular formula is C8H3BF4O2. The monoisotopic (exact) mass is 218 g/mol. The van der Waals surface area contributed by atoms with Gasteiger partial charge in [0.15, 0.2) is 0 Å². The average Bonchev–Trinajstić information content (AvgIpc) is 2.06. The lowest BCUT2D eigenvalue weighted by molar-refractivity contribution is -0.139. The number of hydrogen-bond donors (Lipinski definition) is 1. The van der Waals surface area contributed by atoms with Crippen LogP contribution in [-0.2, 0) is 6.18 Å². The lowest BCUT2D eigenvalue weighted by atomic mass is 9.91. The number of hydrogen-bond acceptors (Lipinski definition) is 1. The topological polar surface area (TPSA) is 37.3 Å². The third-order valence-corrected chi connectivity index (χ3v) is 1.63. The van der Waals surface area contributed by atoms with Crippen molar-refractivity contribution >= 4 is 19.3 Å². The lowest BCUT2D eigenvalue weighted by Crippen LogP contribution is -2.18. The highest BCUT2D eigenvalue weighted by molar-refractivity contribution is 6.32. The Morgan fingerprint density at radius 1 is 1.33 bits per heavy atom. The van der Waals surface area contributed by atoms with E-state index >= 15 is 0 Å². The summed E-state index contributed by atoms with van der Waals surface area (Å²) in [7, 11) is 5.03. The molecular weight excluding hydrogens is 215 g/mol. The molecule has 7 heteroatoms. The second-order valence-corrected chi connectivity index (χ2v) is 2.73. The second kappa shape index (κ2) is 3.56. The van der Waals surface area contributed by atoms with Crippen molar-refractivity contribution in [3.8, 4) is 0 Å². The fourth-order valence-corrected chi connectivity index (χ4v) is 1.01. The molecule has 0 heterocycles. The molecule has 0 saturated heterocycles. The third-order valence-electron chi connectivity index (χ3n) is 1.63. The summed E-state index contributed by atoms with van der Waals surface area (Å²) in [6, 6.07) is 0.981. The first-order valence-electron chi connectivity index (χ1n) is 3.63. The molecule has 0 aliphatic rings. The van der Waals surface area contributed by atoms with E-state index in [0.717, 1.165) is 0 Å². The zero-order valence-electron chi connectivity index (χ0n) is 7.10. The molecule has 0 atom stereocenters. The molecule has 1 rings (SSSR count). The zero-order valence-corrected chi connectivity index (χ0v) is 7.10. The van der Waals surface area contributed by atoms with Crippen molar-refractivity contribution in [3.05, 3.63) is 29.1 Å². The number of rotatable bonds is 1. The molecule has 0 saturated carbocycles. The predicted molar refractivity (Wildman–Crippen MR) is 43.7 cm³/mol. The van der Waals surface area contributed by atoms with Crippen molar-refractivity contribution in [2.45, 2.75) is 6.18 Å². The van der Waals surface area contributed by atoms with Crippen molar-refractivity contribution in [2.24, 2.45) is 0 Å². The molecule has 0 aromatic heterocycles. The van der Waals surface area contributed by atoms with Crippen LogP contribution in [0.4, 0.5) is 17.6 Å². The smallest absolute Gasteiger partial charge is 0.419 e.